The molecule has 2 amide bonds. The van der Waals surface area contributed by atoms with Crippen molar-refractivity contribution in [2.24, 2.45) is 5.92 Å². The molecule has 1 heterocycles. The maximum absolute atomic E-state index is 12.7. The largest absolute Gasteiger partial charge is 0.492 e. The molecule has 6 heteroatoms. The maximum Gasteiger partial charge on any atom is 0.253 e. The molecule has 0 bridgehead atoms. The van der Waals surface area contributed by atoms with Gasteiger partial charge in [-0.1, -0.05) is 32.0 Å². The van der Waals surface area contributed by atoms with E-state index in [-0.39, 0.29) is 17.7 Å². The summed E-state index contributed by atoms with van der Waals surface area (Å²) in [6.07, 6.45) is 0. The van der Waals surface area contributed by atoms with Gasteiger partial charge in [-0.25, -0.2) is 0 Å². The number of anilines is 1. The number of benzene rings is 2. The van der Waals surface area contributed by atoms with E-state index >= 15 is 0 Å². The molecule has 0 aliphatic carbocycles. The second-order valence-corrected chi connectivity index (χ2v) is 7.52. The van der Waals surface area contributed by atoms with Crippen LogP contribution in [0.4, 0.5) is 5.69 Å². The van der Waals surface area contributed by atoms with Crippen LogP contribution in [0.1, 0.15) is 24.2 Å². The third-order valence-corrected chi connectivity index (χ3v) is 5.00. The highest BCUT2D eigenvalue weighted by atomic mass is 16.5. The Hall–Kier alpha value is -2.86. The van der Waals surface area contributed by atoms with E-state index in [0.29, 0.717) is 30.9 Å². The lowest BCUT2D eigenvalue weighted by Gasteiger charge is -2.34. The Labute approximate surface area is 172 Å². The summed E-state index contributed by atoms with van der Waals surface area (Å²) in [5.41, 5.74) is 1.36. The van der Waals surface area contributed by atoms with Crippen molar-refractivity contribution < 1.29 is 14.3 Å². The number of para-hydroxylation sites is 1. The van der Waals surface area contributed by atoms with E-state index in [1.807, 2.05) is 49.1 Å². The number of piperazine rings is 1. The highest BCUT2D eigenvalue weighted by molar-refractivity contribution is 5.96. The number of nitrogens with one attached hydrogen (secondary N) is 1. The van der Waals surface area contributed by atoms with Crippen molar-refractivity contribution in [1.29, 1.82) is 0 Å². The van der Waals surface area contributed by atoms with Crippen molar-refractivity contribution in [2.75, 3.05) is 44.6 Å². The molecule has 0 radical (unpaired) electrons. The van der Waals surface area contributed by atoms with Crippen molar-refractivity contribution in [2.45, 2.75) is 13.8 Å². The Kier molecular flexibility index (Phi) is 7.25. The normalized spacial score (nSPS) is 14.7. The summed E-state index contributed by atoms with van der Waals surface area (Å²) in [5, 5.41) is 2.84. The molecule has 1 N–H and O–H groups in total. The predicted octanol–water partition coefficient (Wildman–Crippen LogP) is 3.12. The topological polar surface area (TPSA) is 61.9 Å². The lowest BCUT2D eigenvalue weighted by Crippen LogP contribution is -2.49. The van der Waals surface area contributed by atoms with Crippen LogP contribution in [0.3, 0.4) is 0 Å². The van der Waals surface area contributed by atoms with Gasteiger partial charge in [0.25, 0.3) is 5.91 Å². The SMILES string of the molecule is CC(C)C(=O)Nc1ccc(C(=O)N2CCN(CCOc3ccccc3)CC2)cc1. The fourth-order valence-corrected chi connectivity index (χ4v) is 3.15. The van der Waals surface area contributed by atoms with Gasteiger partial charge in [0, 0.05) is 49.9 Å². The molecule has 29 heavy (non-hydrogen) atoms. The van der Waals surface area contributed by atoms with Crippen molar-refractivity contribution in [3.05, 3.63) is 60.2 Å². The molecule has 0 atom stereocenters. The standard InChI is InChI=1S/C23H29N3O3/c1-18(2)22(27)24-20-10-8-19(9-11-20)23(28)26-14-12-25(13-15-26)16-17-29-21-6-4-3-5-7-21/h3-11,18H,12-17H2,1-2H3,(H,24,27). The van der Waals surface area contributed by atoms with Crippen LogP contribution in [-0.4, -0.2) is 60.9 Å². The number of amides is 2. The molecule has 6 nitrogen and oxygen atoms in total. The van der Waals surface area contributed by atoms with Crippen LogP contribution in [-0.2, 0) is 4.79 Å². The highest BCUT2D eigenvalue weighted by Crippen LogP contribution is 2.14. The molecule has 0 spiro atoms. The zero-order chi connectivity index (χ0) is 20.6. The summed E-state index contributed by atoms with van der Waals surface area (Å²) in [7, 11) is 0. The summed E-state index contributed by atoms with van der Waals surface area (Å²) < 4.78 is 5.75. The monoisotopic (exact) mass is 395 g/mol. The first-order valence-corrected chi connectivity index (χ1v) is 10.1. The third kappa shape index (κ3) is 6.06. The van der Waals surface area contributed by atoms with Gasteiger partial charge >= 0.3 is 0 Å². The third-order valence-electron chi connectivity index (χ3n) is 5.00. The summed E-state index contributed by atoms with van der Waals surface area (Å²) in [5.74, 6) is 0.809. The Balaban J connectivity index is 1.43. The minimum atomic E-state index is -0.0781. The van der Waals surface area contributed by atoms with Crippen molar-refractivity contribution >= 4 is 17.5 Å². The number of carbonyl (C=O) groups excluding carboxylic acids is 2. The average Bonchev–Trinajstić information content (AvgIpc) is 2.75. The molecule has 2 aromatic carbocycles. The number of hydrogen-bond acceptors (Lipinski definition) is 4. The van der Waals surface area contributed by atoms with E-state index in [1.165, 1.54) is 0 Å². The Morgan fingerprint density at radius 1 is 0.966 bits per heavy atom. The molecule has 154 valence electrons. The summed E-state index contributed by atoms with van der Waals surface area (Å²) in [6, 6.07) is 16.9. The molecule has 1 aliphatic rings. The van der Waals surface area contributed by atoms with Crippen molar-refractivity contribution in [3.8, 4) is 5.75 Å². The lowest BCUT2D eigenvalue weighted by atomic mass is 10.1. The molecular weight excluding hydrogens is 366 g/mol. The molecule has 3 rings (SSSR count). The Morgan fingerprint density at radius 2 is 1.62 bits per heavy atom. The lowest BCUT2D eigenvalue weighted by molar-refractivity contribution is -0.118. The van der Waals surface area contributed by atoms with E-state index in [9.17, 15) is 9.59 Å². The molecule has 1 fully saturated rings. The fraction of sp³-hybridized carbons (Fsp3) is 0.391. The molecule has 0 aromatic heterocycles. The van der Waals surface area contributed by atoms with E-state index in [2.05, 4.69) is 10.2 Å². The van der Waals surface area contributed by atoms with Crippen LogP contribution in [0.25, 0.3) is 0 Å². The minimum Gasteiger partial charge on any atom is -0.492 e. The van der Waals surface area contributed by atoms with Gasteiger partial charge in [0.2, 0.25) is 5.91 Å². The van der Waals surface area contributed by atoms with Crippen LogP contribution in [0.15, 0.2) is 54.6 Å². The number of ether oxygens (including phenoxy) is 1. The molecule has 1 aliphatic heterocycles. The minimum absolute atomic E-state index is 0.0311. The van der Waals surface area contributed by atoms with Crippen LogP contribution in [0.2, 0.25) is 0 Å². The zero-order valence-electron chi connectivity index (χ0n) is 17.1. The predicted molar refractivity (Wildman–Crippen MR) is 114 cm³/mol. The molecule has 0 saturated carbocycles. The van der Waals surface area contributed by atoms with Crippen LogP contribution in [0.5, 0.6) is 5.75 Å². The van der Waals surface area contributed by atoms with Gasteiger partial charge in [-0.3, -0.25) is 14.5 Å². The van der Waals surface area contributed by atoms with Crippen LogP contribution >= 0.6 is 0 Å². The first-order valence-electron chi connectivity index (χ1n) is 10.1. The van der Waals surface area contributed by atoms with E-state index in [1.54, 1.807) is 24.3 Å². The van der Waals surface area contributed by atoms with Crippen molar-refractivity contribution in [3.63, 3.8) is 0 Å². The molecule has 2 aromatic rings. The van der Waals surface area contributed by atoms with Crippen LogP contribution in [0, 0.1) is 5.92 Å². The summed E-state index contributed by atoms with van der Waals surface area (Å²) in [6.45, 7) is 8.27. The van der Waals surface area contributed by atoms with E-state index < -0.39 is 0 Å². The Bertz CT molecular complexity index is 798. The Morgan fingerprint density at radius 3 is 2.24 bits per heavy atom. The van der Waals surface area contributed by atoms with E-state index in [4.69, 9.17) is 4.74 Å². The van der Waals surface area contributed by atoms with Gasteiger partial charge in [-0.05, 0) is 36.4 Å². The highest BCUT2D eigenvalue weighted by Gasteiger charge is 2.22. The van der Waals surface area contributed by atoms with Gasteiger partial charge in [-0.2, -0.15) is 0 Å². The fourth-order valence-electron chi connectivity index (χ4n) is 3.15. The van der Waals surface area contributed by atoms with Gasteiger partial charge in [0.15, 0.2) is 0 Å². The van der Waals surface area contributed by atoms with Crippen molar-refractivity contribution in [1.82, 2.24) is 9.80 Å². The van der Waals surface area contributed by atoms with Gasteiger partial charge in [-0.15, -0.1) is 0 Å². The van der Waals surface area contributed by atoms with Gasteiger partial charge in [0.1, 0.15) is 12.4 Å². The first-order chi connectivity index (χ1) is 14.0. The quantitative estimate of drug-likeness (QED) is 0.783. The molecule has 0 unspecified atom stereocenters. The molecule has 1 saturated heterocycles. The number of carbonyl (C=O) groups is 2. The first kappa shape index (κ1) is 20.9. The zero-order valence-corrected chi connectivity index (χ0v) is 17.1. The maximum atomic E-state index is 12.7. The van der Waals surface area contributed by atoms with E-state index in [0.717, 1.165) is 25.4 Å². The van der Waals surface area contributed by atoms with Gasteiger partial charge in [0.05, 0.1) is 0 Å². The number of hydrogen-bond donors (Lipinski definition) is 1. The number of rotatable bonds is 7. The molecular formula is C23H29N3O3. The number of nitrogens with zero attached hydrogens (tertiary/aromatic N) is 2. The second kappa shape index (κ2) is 10.1. The van der Waals surface area contributed by atoms with Crippen LogP contribution < -0.4 is 10.1 Å². The smallest absolute Gasteiger partial charge is 0.253 e. The average molecular weight is 396 g/mol. The second-order valence-electron chi connectivity index (χ2n) is 7.52. The van der Waals surface area contributed by atoms with Gasteiger partial charge < -0.3 is 15.0 Å². The summed E-state index contributed by atoms with van der Waals surface area (Å²) >= 11 is 0. The summed E-state index contributed by atoms with van der Waals surface area (Å²) in [4.78, 5) is 28.7.